The third-order valence-corrected chi connectivity index (χ3v) is 5.66. The summed E-state index contributed by atoms with van der Waals surface area (Å²) in [5.41, 5.74) is 5.81. The summed E-state index contributed by atoms with van der Waals surface area (Å²) < 4.78 is 47.6. The van der Waals surface area contributed by atoms with E-state index in [-0.39, 0.29) is 0 Å². The zero-order valence-corrected chi connectivity index (χ0v) is 11.8. The number of rotatable bonds is 6. The van der Waals surface area contributed by atoms with Crippen LogP contribution in [0.2, 0.25) is 0 Å². The lowest BCUT2D eigenvalue weighted by Crippen LogP contribution is -2.39. The van der Waals surface area contributed by atoms with Crippen molar-refractivity contribution in [2.45, 2.75) is 6.04 Å². The summed E-state index contributed by atoms with van der Waals surface area (Å²) >= 11 is 0. The molecule has 1 rings (SSSR count). The van der Waals surface area contributed by atoms with Crippen LogP contribution in [-0.2, 0) is 19.9 Å². The van der Waals surface area contributed by atoms with Crippen LogP contribution >= 0.6 is 0 Å². The van der Waals surface area contributed by atoms with Crippen LogP contribution in [0.3, 0.4) is 0 Å². The normalized spacial score (nSPS) is 13.9. The van der Waals surface area contributed by atoms with Crippen molar-refractivity contribution in [1.82, 2.24) is 4.72 Å². The summed E-state index contributed by atoms with van der Waals surface area (Å²) in [6.07, 6.45) is 0.817. The zero-order chi connectivity index (χ0) is 14.7. The molecule has 106 valence electrons. The smallest absolute Gasteiger partial charge is 0.227 e. The molecular formula is C10H15N3O4S2. The fraction of sp³-hybridized carbons (Fsp3) is 0.300. The van der Waals surface area contributed by atoms with E-state index in [2.05, 4.69) is 4.72 Å². The molecule has 0 aromatic heterocycles. The number of sulfone groups is 1. The van der Waals surface area contributed by atoms with E-state index in [0.29, 0.717) is 5.56 Å². The van der Waals surface area contributed by atoms with Gasteiger partial charge in [0.25, 0.3) is 0 Å². The number of hydrogen-bond acceptors (Lipinski definition) is 5. The van der Waals surface area contributed by atoms with E-state index >= 15 is 0 Å². The van der Waals surface area contributed by atoms with Crippen molar-refractivity contribution in [3.63, 3.8) is 0 Å². The van der Waals surface area contributed by atoms with E-state index in [0.717, 1.165) is 6.26 Å². The van der Waals surface area contributed by atoms with Gasteiger partial charge in [0.15, 0.2) is 14.9 Å². The largest absolute Gasteiger partial charge is 0.386 e. The average molecular weight is 305 g/mol. The maximum absolute atomic E-state index is 11.7. The molecule has 0 amide bonds. The second-order valence-electron chi connectivity index (χ2n) is 4.08. The highest BCUT2D eigenvalue weighted by Crippen LogP contribution is 2.13. The molecular weight excluding hydrogens is 290 g/mol. The topological polar surface area (TPSA) is 130 Å². The predicted molar refractivity (Wildman–Crippen MR) is 72.9 cm³/mol. The minimum Gasteiger partial charge on any atom is -0.386 e. The van der Waals surface area contributed by atoms with Crippen molar-refractivity contribution in [2.75, 3.05) is 11.3 Å². The molecule has 0 fully saturated rings. The monoisotopic (exact) mass is 305 g/mol. The van der Waals surface area contributed by atoms with Crippen LogP contribution < -0.4 is 10.5 Å². The first-order valence-electron chi connectivity index (χ1n) is 5.17. The van der Waals surface area contributed by atoms with Gasteiger partial charge in [-0.1, -0.05) is 30.3 Å². The molecule has 0 radical (unpaired) electrons. The van der Waals surface area contributed by atoms with Gasteiger partial charge in [-0.05, 0) is 5.56 Å². The van der Waals surface area contributed by atoms with E-state index in [1.54, 1.807) is 30.3 Å². The number of nitrogens with two attached hydrogens (primary N) is 1. The Bertz CT molecular complexity index is 653. The van der Waals surface area contributed by atoms with Gasteiger partial charge < -0.3 is 5.73 Å². The number of amidine groups is 1. The van der Waals surface area contributed by atoms with Gasteiger partial charge in [0.05, 0.1) is 0 Å². The molecule has 0 spiro atoms. The summed E-state index contributed by atoms with van der Waals surface area (Å²) in [4.78, 5) is 0. The van der Waals surface area contributed by atoms with Crippen LogP contribution in [0.25, 0.3) is 0 Å². The number of hydrogen-bond donors (Lipinski definition) is 3. The van der Waals surface area contributed by atoms with E-state index in [1.165, 1.54) is 0 Å². The van der Waals surface area contributed by atoms with Gasteiger partial charge in [0.2, 0.25) is 10.0 Å². The Morgan fingerprint density at radius 1 is 1.26 bits per heavy atom. The summed E-state index contributed by atoms with van der Waals surface area (Å²) in [7, 11) is -7.79. The van der Waals surface area contributed by atoms with Gasteiger partial charge in [-0.15, -0.1) is 0 Å². The van der Waals surface area contributed by atoms with Crippen molar-refractivity contribution >= 4 is 25.7 Å². The zero-order valence-electron chi connectivity index (χ0n) is 10.2. The number of benzene rings is 1. The third kappa shape index (κ3) is 5.37. The summed E-state index contributed by atoms with van der Waals surface area (Å²) in [6.45, 7) is 0. The van der Waals surface area contributed by atoms with Gasteiger partial charge in [-0.3, -0.25) is 5.41 Å². The van der Waals surface area contributed by atoms with Gasteiger partial charge in [-0.25, -0.2) is 16.8 Å². The Morgan fingerprint density at radius 2 is 1.79 bits per heavy atom. The fourth-order valence-electron chi connectivity index (χ4n) is 1.45. The molecule has 1 aromatic carbocycles. The van der Waals surface area contributed by atoms with Gasteiger partial charge in [0, 0.05) is 6.26 Å². The molecule has 0 saturated heterocycles. The second-order valence-corrected chi connectivity index (χ2v) is 8.33. The van der Waals surface area contributed by atoms with E-state index in [4.69, 9.17) is 11.1 Å². The molecule has 0 aliphatic heterocycles. The molecule has 1 aromatic rings. The molecule has 4 N–H and O–H groups in total. The molecule has 0 heterocycles. The predicted octanol–water partition coefficient (Wildman–Crippen LogP) is -0.415. The average Bonchev–Trinajstić information content (AvgIpc) is 2.23. The highest BCUT2D eigenvalue weighted by atomic mass is 32.3. The van der Waals surface area contributed by atoms with Crippen LogP contribution in [0.4, 0.5) is 0 Å². The molecule has 19 heavy (non-hydrogen) atoms. The summed E-state index contributed by atoms with van der Waals surface area (Å²) in [5, 5.41) is 6.36. The highest BCUT2D eigenvalue weighted by molar-refractivity contribution is 8.06. The first kappa shape index (κ1) is 15.6. The molecule has 7 nitrogen and oxygen atoms in total. The number of sulfonamides is 1. The van der Waals surface area contributed by atoms with Gasteiger partial charge in [0.1, 0.15) is 11.9 Å². The molecule has 1 atom stereocenters. The maximum Gasteiger partial charge on any atom is 0.227 e. The van der Waals surface area contributed by atoms with Crippen molar-refractivity contribution < 1.29 is 16.8 Å². The lowest BCUT2D eigenvalue weighted by Gasteiger charge is -2.17. The Balaban J connectivity index is 3.02. The highest BCUT2D eigenvalue weighted by Gasteiger charge is 2.25. The molecule has 0 aliphatic carbocycles. The quantitative estimate of drug-likeness (QED) is 0.485. The Kier molecular flexibility index (Phi) is 4.66. The van der Waals surface area contributed by atoms with Crippen LogP contribution in [0, 0.1) is 5.41 Å². The first-order chi connectivity index (χ1) is 8.61. The van der Waals surface area contributed by atoms with E-state index in [9.17, 15) is 16.8 Å². The first-order valence-corrected chi connectivity index (χ1v) is 8.88. The molecule has 0 bridgehead atoms. The van der Waals surface area contributed by atoms with Crippen molar-refractivity contribution in [3.8, 4) is 0 Å². The lowest BCUT2D eigenvalue weighted by molar-refractivity contribution is 0.576. The van der Waals surface area contributed by atoms with Crippen LogP contribution in [0.15, 0.2) is 30.3 Å². The van der Waals surface area contributed by atoms with E-state index in [1.807, 2.05) is 0 Å². The van der Waals surface area contributed by atoms with E-state index < -0.39 is 36.8 Å². The van der Waals surface area contributed by atoms with Crippen LogP contribution in [0.1, 0.15) is 11.6 Å². The summed E-state index contributed by atoms with van der Waals surface area (Å²) in [6, 6.07) is 7.16. The Labute approximate surface area is 112 Å². The minimum absolute atomic E-state index is 0.414. The molecule has 0 saturated carbocycles. The Hall–Kier alpha value is -1.45. The van der Waals surface area contributed by atoms with Gasteiger partial charge >= 0.3 is 0 Å². The van der Waals surface area contributed by atoms with Crippen molar-refractivity contribution in [3.05, 3.63) is 35.9 Å². The maximum atomic E-state index is 11.7. The standard InChI is InChI=1S/C10H15N3O4S2/c1-18(14,15)7-19(16,17)13-9(10(11)12)8-5-3-2-4-6-8/h2-6,9,13H,7H2,1H3,(H3,11,12). The number of nitrogens with one attached hydrogen (secondary N) is 2. The molecule has 0 aliphatic rings. The van der Waals surface area contributed by atoms with Crippen molar-refractivity contribution in [1.29, 1.82) is 5.41 Å². The summed E-state index contributed by atoms with van der Waals surface area (Å²) in [5.74, 6) is -0.414. The Morgan fingerprint density at radius 3 is 2.21 bits per heavy atom. The third-order valence-electron chi connectivity index (χ3n) is 2.11. The SMILES string of the molecule is CS(=O)(=O)CS(=O)(=O)NC(C(=N)N)c1ccccc1. The lowest BCUT2D eigenvalue weighted by atomic mass is 10.1. The minimum atomic E-state index is -4.09. The molecule has 1 unspecified atom stereocenters. The molecule has 9 heteroatoms. The van der Waals surface area contributed by atoms with Crippen LogP contribution in [0.5, 0.6) is 0 Å². The van der Waals surface area contributed by atoms with Crippen molar-refractivity contribution in [2.24, 2.45) is 5.73 Å². The fourth-order valence-corrected chi connectivity index (χ4v) is 4.60. The van der Waals surface area contributed by atoms with Gasteiger partial charge in [-0.2, -0.15) is 4.72 Å². The van der Waals surface area contributed by atoms with Crippen LogP contribution in [-0.4, -0.2) is 34.0 Å². The second kappa shape index (κ2) is 5.68.